The third-order valence-electron chi connectivity index (χ3n) is 2.68. The number of rotatable bonds is 7. The lowest BCUT2D eigenvalue weighted by Crippen LogP contribution is -2.37. The van der Waals surface area contributed by atoms with Gasteiger partial charge in [0.25, 0.3) is 0 Å². The van der Waals surface area contributed by atoms with Gasteiger partial charge in [-0.3, -0.25) is 0 Å². The van der Waals surface area contributed by atoms with E-state index in [2.05, 4.69) is 5.32 Å². The van der Waals surface area contributed by atoms with Crippen LogP contribution in [0.2, 0.25) is 0 Å². The molecule has 84 valence electrons. The molecule has 0 saturated carbocycles. The van der Waals surface area contributed by atoms with Gasteiger partial charge < -0.3 is 15.2 Å². The summed E-state index contributed by atoms with van der Waals surface area (Å²) in [4.78, 5) is 0. The minimum Gasteiger partial charge on any atom is -0.396 e. The summed E-state index contributed by atoms with van der Waals surface area (Å²) in [6.45, 7) is 3.26. The lowest BCUT2D eigenvalue weighted by Gasteiger charge is -2.23. The van der Waals surface area contributed by atoms with Crippen LogP contribution in [0.15, 0.2) is 0 Å². The van der Waals surface area contributed by atoms with Gasteiger partial charge in [0.15, 0.2) is 0 Å². The molecule has 0 aliphatic carbocycles. The molecular formula is C11H23NO2. The first-order chi connectivity index (χ1) is 6.93. The fourth-order valence-corrected chi connectivity index (χ4v) is 1.80. The van der Waals surface area contributed by atoms with E-state index in [4.69, 9.17) is 9.84 Å². The number of nitrogens with one attached hydrogen (secondary N) is 1. The smallest absolute Gasteiger partial charge is 0.0619 e. The van der Waals surface area contributed by atoms with E-state index in [1.54, 1.807) is 0 Å². The zero-order valence-corrected chi connectivity index (χ0v) is 9.00. The zero-order valence-electron chi connectivity index (χ0n) is 9.00. The Balaban J connectivity index is 1.82. The maximum atomic E-state index is 8.59. The first-order valence-electron chi connectivity index (χ1n) is 5.85. The molecule has 1 fully saturated rings. The van der Waals surface area contributed by atoms with E-state index in [-0.39, 0.29) is 0 Å². The van der Waals surface area contributed by atoms with E-state index in [0.717, 1.165) is 32.6 Å². The van der Waals surface area contributed by atoms with Crippen LogP contribution in [-0.4, -0.2) is 37.5 Å². The van der Waals surface area contributed by atoms with Crippen LogP contribution in [0.1, 0.15) is 38.5 Å². The Bertz CT molecular complexity index is 124. The van der Waals surface area contributed by atoms with E-state index in [9.17, 15) is 0 Å². The number of aliphatic hydroxyl groups is 1. The van der Waals surface area contributed by atoms with Gasteiger partial charge in [-0.2, -0.15) is 0 Å². The first-order valence-corrected chi connectivity index (χ1v) is 5.85. The summed E-state index contributed by atoms with van der Waals surface area (Å²) in [5, 5.41) is 12.1. The highest BCUT2D eigenvalue weighted by Crippen LogP contribution is 2.06. The van der Waals surface area contributed by atoms with E-state index in [1.165, 1.54) is 25.7 Å². The average molecular weight is 201 g/mol. The fourth-order valence-electron chi connectivity index (χ4n) is 1.80. The third-order valence-corrected chi connectivity index (χ3v) is 2.68. The summed E-state index contributed by atoms with van der Waals surface area (Å²) in [7, 11) is 0. The Morgan fingerprint density at radius 3 is 2.79 bits per heavy atom. The van der Waals surface area contributed by atoms with Crippen molar-refractivity contribution in [2.24, 2.45) is 0 Å². The van der Waals surface area contributed by atoms with Crippen molar-refractivity contribution in [2.75, 3.05) is 26.4 Å². The Morgan fingerprint density at radius 2 is 2.07 bits per heavy atom. The van der Waals surface area contributed by atoms with Gasteiger partial charge in [-0.25, -0.2) is 0 Å². The molecule has 0 aromatic carbocycles. The van der Waals surface area contributed by atoms with Gasteiger partial charge >= 0.3 is 0 Å². The summed E-state index contributed by atoms with van der Waals surface area (Å²) in [6.07, 6.45) is 7.00. The molecule has 3 heteroatoms. The molecule has 3 nitrogen and oxygen atoms in total. The molecule has 0 aromatic rings. The molecule has 1 heterocycles. The van der Waals surface area contributed by atoms with Crippen molar-refractivity contribution in [3.63, 3.8) is 0 Å². The number of aliphatic hydroxyl groups excluding tert-OH is 1. The molecule has 1 aliphatic heterocycles. The van der Waals surface area contributed by atoms with E-state index in [0.29, 0.717) is 12.6 Å². The monoisotopic (exact) mass is 201 g/mol. The molecular weight excluding hydrogens is 178 g/mol. The van der Waals surface area contributed by atoms with Crippen LogP contribution in [0.4, 0.5) is 0 Å². The number of ether oxygens (including phenoxy) is 1. The maximum Gasteiger partial charge on any atom is 0.0619 e. The van der Waals surface area contributed by atoms with Crippen LogP contribution in [0.5, 0.6) is 0 Å². The van der Waals surface area contributed by atoms with Crippen LogP contribution >= 0.6 is 0 Å². The summed E-state index contributed by atoms with van der Waals surface area (Å²) in [5.41, 5.74) is 0. The van der Waals surface area contributed by atoms with E-state index in [1.807, 2.05) is 0 Å². The molecule has 0 spiro atoms. The van der Waals surface area contributed by atoms with Crippen molar-refractivity contribution in [3.05, 3.63) is 0 Å². The van der Waals surface area contributed by atoms with Gasteiger partial charge in [0, 0.05) is 19.3 Å². The summed E-state index contributed by atoms with van der Waals surface area (Å²) < 4.78 is 5.38. The molecule has 0 bridgehead atoms. The van der Waals surface area contributed by atoms with Crippen molar-refractivity contribution >= 4 is 0 Å². The minimum absolute atomic E-state index is 0.337. The SMILES string of the molecule is OCCCCCCNC1CCCOC1. The van der Waals surface area contributed by atoms with Crippen molar-refractivity contribution < 1.29 is 9.84 Å². The van der Waals surface area contributed by atoms with Gasteiger partial charge in [-0.1, -0.05) is 12.8 Å². The maximum absolute atomic E-state index is 8.59. The predicted molar refractivity (Wildman–Crippen MR) is 57.4 cm³/mol. The summed E-state index contributed by atoms with van der Waals surface area (Å²) in [6, 6.07) is 0.585. The molecule has 0 radical (unpaired) electrons. The summed E-state index contributed by atoms with van der Waals surface area (Å²) >= 11 is 0. The highest BCUT2D eigenvalue weighted by Gasteiger charge is 2.11. The molecule has 0 amide bonds. The molecule has 2 N–H and O–H groups in total. The Labute approximate surface area is 86.8 Å². The van der Waals surface area contributed by atoms with E-state index < -0.39 is 0 Å². The van der Waals surface area contributed by atoms with Crippen LogP contribution in [-0.2, 0) is 4.74 Å². The van der Waals surface area contributed by atoms with E-state index >= 15 is 0 Å². The highest BCUT2D eigenvalue weighted by molar-refractivity contribution is 4.69. The summed E-state index contributed by atoms with van der Waals surface area (Å²) in [5.74, 6) is 0. The zero-order chi connectivity index (χ0) is 10.1. The van der Waals surface area contributed by atoms with Crippen molar-refractivity contribution in [1.82, 2.24) is 5.32 Å². The predicted octanol–water partition coefficient (Wildman–Crippen LogP) is 1.31. The average Bonchev–Trinajstić information content (AvgIpc) is 2.25. The topological polar surface area (TPSA) is 41.5 Å². The van der Waals surface area contributed by atoms with Crippen LogP contribution in [0.3, 0.4) is 0 Å². The van der Waals surface area contributed by atoms with Gasteiger partial charge in [-0.05, 0) is 32.2 Å². The molecule has 1 saturated heterocycles. The minimum atomic E-state index is 0.337. The van der Waals surface area contributed by atoms with Crippen LogP contribution < -0.4 is 5.32 Å². The number of hydrogen-bond acceptors (Lipinski definition) is 3. The van der Waals surface area contributed by atoms with Gasteiger partial charge in [-0.15, -0.1) is 0 Å². The molecule has 1 aliphatic rings. The highest BCUT2D eigenvalue weighted by atomic mass is 16.5. The third kappa shape index (κ3) is 5.58. The first kappa shape index (κ1) is 12.0. The van der Waals surface area contributed by atoms with Gasteiger partial charge in [0.1, 0.15) is 0 Å². The quantitative estimate of drug-likeness (QED) is 0.610. The van der Waals surface area contributed by atoms with Crippen molar-refractivity contribution in [1.29, 1.82) is 0 Å². The molecule has 0 aromatic heterocycles. The van der Waals surface area contributed by atoms with Crippen LogP contribution in [0, 0.1) is 0 Å². The lowest BCUT2D eigenvalue weighted by atomic mass is 10.1. The molecule has 1 rings (SSSR count). The molecule has 1 unspecified atom stereocenters. The Morgan fingerprint density at radius 1 is 1.21 bits per heavy atom. The lowest BCUT2D eigenvalue weighted by molar-refractivity contribution is 0.0704. The fraction of sp³-hybridized carbons (Fsp3) is 1.00. The molecule has 14 heavy (non-hydrogen) atoms. The van der Waals surface area contributed by atoms with Gasteiger partial charge in [0.05, 0.1) is 6.61 Å². The second-order valence-electron chi connectivity index (χ2n) is 4.01. The molecule has 1 atom stereocenters. The largest absolute Gasteiger partial charge is 0.396 e. The normalized spacial score (nSPS) is 22.5. The second kappa shape index (κ2) is 8.21. The standard InChI is InChI=1S/C11H23NO2/c13-8-4-2-1-3-7-12-11-6-5-9-14-10-11/h11-13H,1-10H2. The Hall–Kier alpha value is -0.120. The van der Waals surface area contributed by atoms with Crippen molar-refractivity contribution in [2.45, 2.75) is 44.6 Å². The number of hydrogen-bond donors (Lipinski definition) is 2. The second-order valence-corrected chi connectivity index (χ2v) is 4.01. The Kier molecular flexibility index (Phi) is 7.01. The van der Waals surface area contributed by atoms with Crippen LogP contribution in [0.25, 0.3) is 0 Å². The van der Waals surface area contributed by atoms with Crippen molar-refractivity contribution in [3.8, 4) is 0 Å². The van der Waals surface area contributed by atoms with Gasteiger partial charge in [0.2, 0.25) is 0 Å². The number of unbranched alkanes of at least 4 members (excludes halogenated alkanes) is 3.